The highest BCUT2D eigenvalue weighted by Crippen LogP contribution is 2.22. The largest absolute Gasteiger partial charge is 0.465 e. The van der Waals surface area contributed by atoms with Gasteiger partial charge in [-0.25, -0.2) is 4.79 Å². The van der Waals surface area contributed by atoms with Crippen LogP contribution in [-0.4, -0.2) is 43.5 Å². The lowest BCUT2D eigenvalue weighted by Crippen LogP contribution is -2.16. The molecule has 2 aromatic heterocycles. The molecule has 0 saturated carbocycles. The number of nitrogens with one attached hydrogen (secondary N) is 1. The first-order chi connectivity index (χ1) is 14.8. The van der Waals surface area contributed by atoms with Gasteiger partial charge in [0.25, 0.3) is 0 Å². The van der Waals surface area contributed by atoms with Crippen LogP contribution in [0.5, 0.6) is 0 Å². The molecular formula is C20H22N6O5. The van der Waals surface area contributed by atoms with Crippen molar-refractivity contribution in [2.75, 3.05) is 12.4 Å². The molecule has 0 aliphatic heterocycles. The Balaban J connectivity index is 1.69. The Morgan fingerprint density at radius 1 is 1.19 bits per heavy atom. The Morgan fingerprint density at radius 3 is 2.61 bits per heavy atom. The van der Waals surface area contributed by atoms with Crippen LogP contribution in [0.2, 0.25) is 0 Å². The second-order valence-electron chi connectivity index (χ2n) is 6.84. The number of carbonyl (C=O) groups is 2. The summed E-state index contributed by atoms with van der Waals surface area (Å²) in [4.78, 5) is 34.5. The number of nitro groups is 1. The number of anilines is 1. The van der Waals surface area contributed by atoms with Gasteiger partial charge >= 0.3 is 11.8 Å². The Kier molecular flexibility index (Phi) is 6.43. The van der Waals surface area contributed by atoms with Crippen LogP contribution in [0.3, 0.4) is 0 Å². The molecule has 0 saturated heterocycles. The fraction of sp³-hybridized carbons (Fsp3) is 0.300. The van der Waals surface area contributed by atoms with Crippen molar-refractivity contribution in [2.45, 2.75) is 33.4 Å². The van der Waals surface area contributed by atoms with Crippen LogP contribution in [0, 0.1) is 24.0 Å². The lowest BCUT2D eigenvalue weighted by Gasteiger charge is -2.10. The second-order valence-corrected chi connectivity index (χ2v) is 6.84. The van der Waals surface area contributed by atoms with Crippen LogP contribution >= 0.6 is 0 Å². The summed E-state index contributed by atoms with van der Waals surface area (Å²) in [5.74, 6) is -0.955. The minimum absolute atomic E-state index is 0.0913. The van der Waals surface area contributed by atoms with Crippen molar-refractivity contribution in [3.8, 4) is 0 Å². The lowest BCUT2D eigenvalue weighted by molar-refractivity contribution is -0.389. The van der Waals surface area contributed by atoms with E-state index in [1.165, 1.54) is 24.1 Å². The summed E-state index contributed by atoms with van der Waals surface area (Å²) < 4.78 is 7.90. The minimum Gasteiger partial charge on any atom is -0.465 e. The maximum absolute atomic E-state index is 12.4. The number of aryl methyl sites for hydroxylation is 2. The van der Waals surface area contributed by atoms with Gasteiger partial charge in [-0.3, -0.25) is 9.48 Å². The number of methoxy groups -OCH3 is 1. The first-order valence-electron chi connectivity index (χ1n) is 9.48. The molecule has 162 valence electrons. The molecule has 1 aromatic carbocycles. The van der Waals surface area contributed by atoms with Crippen molar-refractivity contribution in [3.05, 3.63) is 69.2 Å². The Bertz CT molecular complexity index is 1130. The van der Waals surface area contributed by atoms with Gasteiger partial charge in [0.05, 0.1) is 60.2 Å². The molecule has 0 atom stereocenters. The van der Waals surface area contributed by atoms with Crippen LogP contribution in [0.25, 0.3) is 0 Å². The molecule has 3 aromatic rings. The van der Waals surface area contributed by atoms with E-state index in [1.807, 2.05) is 19.1 Å². The zero-order valence-electron chi connectivity index (χ0n) is 17.4. The van der Waals surface area contributed by atoms with Crippen molar-refractivity contribution < 1.29 is 19.2 Å². The summed E-state index contributed by atoms with van der Waals surface area (Å²) in [6.07, 6.45) is 1.55. The number of hydrogen-bond acceptors (Lipinski definition) is 7. The molecule has 3 rings (SSSR count). The second kappa shape index (κ2) is 9.20. The molecule has 11 nitrogen and oxygen atoms in total. The van der Waals surface area contributed by atoms with Crippen LogP contribution in [-0.2, 0) is 22.6 Å². The molecule has 31 heavy (non-hydrogen) atoms. The summed E-state index contributed by atoms with van der Waals surface area (Å²) in [6, 6.07) is 8.38. The monoisotopic (exact) mass is 426 g/mol. The number of nitrogens with zero attached hydrogens (tertiary/aromatic N) is 5. The third-order valence-corrected chi connectivity index (χ3v) is 4.77. The molecule has 0 spiro atoms. The third kappa shape index (κ3) is 4.94. The quantitative estimate of drug-likeness (QED) is 0.332. The molecule has 1 N–H and O–H groups in total. The Labute approximate surface area is 177 Å². The van der Waals surface area contributed by atoms with E-state index in [1.54, 1.807) is 23.7 Å². The fourth-order valence-electron chi connectivity index (χ4n) is 3.15. The normalized spacial score (nSPS) is 10.7. The average molecular weight is 426 g/mol. The highest BCUT2D eigenvalue weighted by Gasteiger charge is 2.18. The molecule has 11 heteroatoms. The van der Waals surface area contributed by atoms with Gasteiger partial charge in [0.1, 0.15) is 0 Å². The van der Waals surface area contributed by atoms with E-state index in [2.05, 4.69) is 15.5 Å². The molecule has 0 aliphatic carbocycles. The topological polar surface area (TPSA) is 134 Å². The van der Waals surface area contributed by atoms with Crippen molar-refractivity contribution in [1.29, 1.82) is 0 Å². The van der Waals surface area contributed by atoms with E-state index in [4.69, 9.17) is 4.74 Å². The molecular weight excluding hydrogens is 404 g/mol. The van der Waals surface area contributed by atoms with E-state index in [9.17, 15) is 19.7 Å². The molecule has 2 heterocycles. The van der Waals surface area contributed by atoms with Gasteiger partial charge < -0.3 is 20.2 Å². The first-order valence-corrected chi connectivity index (χ1v) is 9.48. The third-order valence-electron chi connectivity index (χ3n) is 4.77. The maximum atomic E-state index is 12.4. The number of benzene rings is 1. The number of aromatic nitrogens is 4. The van der Waals surface area contributed by atoms with Crippen molar-refractivity contribution in [3.63, 3.8) is 0 Å². The average Bonchev–Trinajstić information content (AvgIpc) is 3.33. The minimum atomic E-state index is -0.587. The smallest absolute Gasteiger partial charge is 0.389 e. The Morgan fingerprint density at radius 2 is 1.94 bits per heavy atom. The predicted octanol–water partition coefficient (Wildman–Crippen LogP) is 2.47. The van der Waals surface area contributed by atoms with Gasteiger partial charge in [0.15, 0.2) is 0 Å². The zero-order chi connectivity index (χ0) is 22.5. The van der Waals surface area contributed by atoms with Gasteiger partial charge in [0.2, 0.25) is 5.91 Å². The van der Waals surface area contributed by atoms with Crippen LogP contribution in [0.1, 0.15) is 33.7 Å². The van der Waals surface area contributed by atoms with Gasteiger partial charge in [-0.05, 0) is 30.4 Å². The SMILES string of the molecule is COC(=O)c1ccccc1Cn1nc(C)c(NC(=O)CCn2ccc([N+](=O)[O-])n2)c1C. The van der Waals surface area contributed by atoms with Crippen molar-refractivity contribution in [2.24, 2.45) is 0 Å². The predicted molar refractivity (Wildman–Crippen MR) is 111 cm³/mol. The lowest BCUT2D eigenvalue weighted by atomic mass is 10.1. The van der Waals surface area contributed by atoms with Gasteiger partial charge in [0, 0.05) is 6.42 Å². The standard InChI is InChI=1S/C20H22N6O5/c1-13-19(21-18(27)9-11-24-10-8-17(23-24)26(29)30)14(2)25(22-13)12-15-6-4-5-7-16(15)20(28)31-3/h4-8,10H,9,11-12H2,1-3H3,(H,21,27). The highest BCUT2D eigenvalue weighted by atomic mass is 16.6. The highest BCUT2D eigenvalue weighted by molar-refractivity contribution is 5.92. The molecule has 0 radical (unpaired) electrons. The van der Waals surface area contributed by atoms with Gasteiger partial charge in [-0.1, -0.05) is 18.2 Å². The molecule has 0 bridgehead atoms. The number of hydrogen-bond donors (Lipinski definition) is 1. The zero-order valence-corrected chi connectivity index (χ0v) is 17.4. The Hall–Kier alpha value is -4.02. The first kappa shape index (κ1) is 21.7. The summed E-state index contributed by atoms with van der Waals surface area (Å²) in [6.45, 7) is 4.15. The number of ether oxygens (including phenoxy) is 1. The number of esters is 1. The summed E-state index contributed by atoms with van der Waals surface area (Å²) in [7, 11) is 1.33. The van der Waals surface area contributed by atoms with E-state index in [-0.39, 0.29) is 24.7 Å². The van der Waals surface area contributed by atoms with Crippen molar-refractivity contribution in [1.82, 2.24) is 19.6 Å². The number of carbonyl (C=O) groups excluding carboxylic acids is 2. The summed E-state index contributed by atoms with van der Waals surface area (Å²) in [5.41, 5.74) is 3.16. The molecule has 0 fully saturated rings. The maximum Gasteiger partial charge on any atom is 0.389 e. The van der Waals surface area contributed by atoms with Crippen LogP contribution in [0.4, 0.5) is 11.5 Å². The molecule has 0 aliphatic rings. The fourth-order valence-corrected chi connectivity index (χ4v) is 3.15. The van der Waals surface area contributed by atoms with Crippen LogP contribution in [0.15, 0.2) is 36.5 Å². The van der Waals surface area contributed by atoms with E-state index < -0.39 is 10.9 Å². The van der Waals surface area contributed by atoms with E-state index in [0.29, 0.717) is 23.5 Å². The van der Waals surface area contributed by atoms with Crippen LogP contribution < -0.4 is 5.32 Å². The van der Waals surface area contributed by atoms with Crippen molar-refractivity contribution >= 4 is 23.4 Å². The van der Waals surface area contributed by atoms with Gasteiger partial charge in [-0.15, -0.1) is 0 Å². The summed E-state index contributed by atoms with van der Waals surface area (Å²) in [5, 5.41) is 21.8. The van der Waals surface area contributed by atoms with E-state index in [0.717, 1.165) is 11.3 Å². The summed E-state index contributed by atoms with van der Waals surface area (Å²) >= 11 is 0. The molecule has 1 amide bonds. The number of rotatable bonds is 8. The van der Waals surface area contributed by atoms with Gasteiger partial charge in [-0.2, -0.15) is 9.78 Å². The molecule has 0 unspecified atom stereocenters. The van der Waals surface area contributed by atoms with E-state index >= 15 is 0 Å². The number of amides is 1.